The van der Waals surface area contributed by atoms with Crippen molar-refractivity contribution in [3.05, 3.63) is 29.3 Å². The van der Waals surface area contributed by atoms with Crippen molar-refractivity contribution in [1.29, 1.82) is 5.26 Å². The first-order chi connectivity index (χ1) is 7.19. The van der Waals surface area contributed by atoms with E-state index in [2.05, 4.69) is 0 Å². The number of hydrogen-bond donors (Lipinski definition) is 0. The number of carbonyl (C=O) groups is 1. The first-order valence-electron chi connectivity index (χ1n) is 4.82. The summed E-state index contributed by atoms with van der Waals surface area (Å²) in [6.45, 7) is 4.30. The second kappa shape index (κ2) is 5.16. The molecule has 0 amide bonds. The largest absolute Gasteiger partial charge is 0.493 e. The van der Waals surface area contributed by atoms with Crippen molar-refractivity contribution in [2.24, 2.45) is 0 Å². The first kappa shape index (κ1) is 11.3. The molecule has 0 radical (unpaired) electrons. The average Bonchev–Trinajstić information content (AvgIpc) is 2.18. The monoisotopic (exact) mass is 203 g/mol. The van der Waals surface area contributed by atoms with Crippen LogP contribution in [0.5, 0.6) is 5.75 Å². The summed E-state index contributed by atoms with van der Waals surface area (Å²) in [5, 5.41) is 8.46. The van der Waals surface area contributed by atoms with Crippen LogP contribution in [-0.2, 0) is 0 Å². The van der Waals surface area contributed by atoms with Gasteiger partial charge < -0.3 is 4.74 Å². The first-order valence-corrected chi connectivity index (χ1v) is 4.82. The lowest BCUT2D eigenvalue weighted by atomic mass is 10.1. The number of rotatable bonds is 4. The van der Waals surface area contributed by atoms with E-state index in [9.17, 15) is 4.79 Å². The van der Waals surface area contributed by atoms with Gasteiger partial charge in [0.05, 0.1) is 24.7 Å². The molecule has 0 fully saturated rings. The van der Waals surface area contributed by atoms with Gasteiger partial charge >= 0.3 is 0 Å². The molecule has 0 heterocycles. The topological polar surface area (TPSA) is 50.1 Å². The lowest BCUT2D eigenvalue weighted by molar-refractivity contribution is 0.0994. The molecular weight excluding hydrogens is 190 g/mol. The number of ketones is 1. The Kier molecular flexibility index (Phi) is 3.87. The summed E-state index contributed by atoms with van der Waals surface area (Å²) in [6, 6.07) is 7.21. The summed E-state index contributed by atoms with van der Waals surface area (Å²) < 4.78 is 5.36. The zero-order chi connectivity index (χ0) is 11.3. The molecular formula is C12H13NO2. The molecule has 0 N–H and O–H groups in total. The molecule has 78 valence electrons. The number of aryl methyl sites for hydroxylation is 1. The van der Waals surface area contributed by atoms with Gasteiger partial charge in [-0.2, -0.15) is 5.26 Å². The van der Waals surface area contributed by atoms with E-state index < -0.39 is 0 Å². The maximum Gasteiger partial charge on any atom is 0.180 e. The summed E-state index contributed by atoms with van der Waals surface area (Å²) >= 11 is 0. The van der Waals surface area contributed by atoms with E-state index in [1.165, 1.54) is 0 Å². The second-order valence-corrected chi connectivity index (χ2v) is 3.19. The maximum atomic E-state index is 11.5. The van der Waals surface area contributed by atoms with Gasteiger partial charge in [-0.15, -0.1) is 0 Å². The van der Waals surface area contributed by atoms with Gasteiger partial charge in [-0.05, 0) is 31.5 Å². The van der Waals surface area contributed by atoms with Crippen molar-refractivity contribution in [2.75, 3.05) is 6.61 Å². The number of Topliss-reactive ketones (excluding diaryl/α,β-unsaturated/α-hetero) is 1. The zero-order valence-electron chi connectivity index (χ0n) is 8.91. The number of carbonyl (C=O) groups excluding carboxylic acids is 1. The smallest absolute Gasteiger partial charge is 0.180 e. The zero-order valence-corrected chi connectivity index (χ0v) is 8.91. The molecule has 1 rings (SSSR count). The van der Waals surface area contributed by atoms with Crippen LogP contribution in [0.2, 0.25) is 0 Å². The van der Waals surface area contributed by atoms with Gasteiger partial charge in [-0.1, -0.05) is 6.07 Å². The van der Waals surface area contributed by atoms with Crippen molar-refractivity contribution >= 4 is 5.78 Å². The Balaban J connectivity index is 3.06. The molecule has 0 atom stereocenters. The fraction of sp³-hybridized carbons (Fsp3) is 0.333. The predicted octanol–water partition coefficient (Wildman–Crippen LogP) is 2.49. The van der Waals surface area contributed by atoms with Crippen LogP contribution in [0.4, 0.5) is 0 Å². The fourth-order valence-electron chi connectivity index (χ4n) is 1.30. The van der Waals surface area contributed by atoms with Crippen molar-refractivity contribution in [3.63, 3.8) is 0 Å². The highest BCUT2D eigenvalue weighted by Crippen LogP contribution is 2.21. The van der Waals surface area contributed by atoms with Crippen molar-refractivity contribution in [1.82, 2.24) is 0 Å². The summed E-state index contributed by atoms with van der Waals surface area (Å²) in [6.07, 6.45) is -0.108. The lowest BCUT2D eigenvalue weighted by Crippen LogP contribution is -2.03. The number of ether oxygens (including phenoxy) is 1. The molecule has 1 aromatic carbocycles. The highest BCUT2D eigenvalue weighted by molar-refractivity contribution is 5.99. The molecule has 3 heteroatoms. The molecule has 0 aliphatic heterocycles. The molecule has 0 bridgehead atoms. The van der Waals surface area contributed by atoms with Crippen molar-refractivity contribution in [2.45, 2.75) is 20.3 Å². The number of nitriles is 1. The van der Waals surface area contributed by atoms with Gasteiger partial charge in [-0.3, -0.25) is 4.79 Å². The van der Waals surface area contributed by atoms with E-state index >= 15 is 0 Å². The van der Waals surface area contributed by atoms with Crippen LogP contribution >= 0.6 is 0 Å². The highest BCUT2D eigenvalue weighted by atomic mass is 16.5. The molecule has 15 heavy (non-hydrogen) atoms. The maximum absolute atomic E-state index is 11.5. The Morgan fingerprint density at radius 3 is 2.87 bits per heavy atom. The quantitative estimate of drug-likeness (QED) is 0.706. The Hall–Kier alpha value is -1.82. The third kappa shape index (κ3) is 2.81. The molecule has 0 aromatic heterocycles. The van der Waals surface area contributed by atoms with Gasteiger partial charge in [-0.25, -0.2) is 0 Å². The van der Waals surface area contributed by atoms with Gasteiger partial charge in [0.2, 0.25) is 0 Å². The minimum Gasteiger partial charge on any atom is -0.493 e. The Morgan fingerprint density at radius 1 is 1.53 bits per heavy atom. The summed E-state index contributed by atoms with van der Waals surface area (Å²) in [5.41, 5.74) is 1.52. The third-order valence-corrected chi connectivity index (χ3v) is 1.98. The Bertz CT molecular complexity index is 405. The summed E-state index contributed by atoms with van der Waals surface area (Å²) in [4.78, 5) is 11.5. The van der Waals surface area contributed by atoms with Crippen molar-refractivity contribution < 1.29 is 9.53 Å². The number of nitrogens with zero attached hydrogens (tertiary/aromatic N) is 1. The van der Waals surface area contributed by atoms with Crippen LogP contribution in [0.3, 0.4) is 0 Å². The highest BCUT2D eigenvalue weighted by Gasteiger charge is 2.11. The van der Waals surface area contributed by atoms with E-state index in [0.29, 0.717) is 17.9 Å². The SMILES string of the molecule is CCOc1cc(C)ccc1C(=O)CC#N. The second-order valence-electron chi connectivity index (χ2n) is 3.19. The molecule has 0 saturated heterocycles. The molecule has 0 saturated carbocycles. The van der Waals surface area contributed by atoms with Crippen LogP contribution in [0.1, 0.15) is 29.3 Å². The van der Waals surface area contributed by atoms with Crippen molar-refractivity contribution in [3.8, 4) is 11.8 Å². The van der Waals surface area contributed by atoms with E-state index in [-0.39, 0.29) is 12.2 Å². The summed E-state index contributed by atoms with van der Waals surface area (Å²) in [5.74, 6) is 0.374. The minimum atomic E-state index is -0.194. The Morgan fingerprint density at radius 2 is 2.27 bits per heavy atom. The Labute approximate surface area is 89.3 Å². The number of hydrogen-bond acceptors (Lipinski definition) is 3. The third-order valence-electron chi connectivity index (χ3n) is 1.98. The average molecular weight is 203 g/mol. The molecule has 0 unspecified atom stereocenters. The summed E-state index contributed by atoms with van der Waals surface area (Å²) in [7, 11) is 0. The molecule has 1 aromatic rings. The van der Waals surface area contributed by atoms with Crippen LogP contribution in [0.25, 0.3) is 0 Å². The molecule has 0 aliphatic carbocycles. The van der Waals surface area contributed by atoms with Gasteiger partial charge in [0.25, 0.3) is 0 Å². The minimum absolute atomic E-state index is 0.108. The normalized spacial score (nSPS) is 9.40. The lowest BCUT2D eigenvalue weighted by Gasteiger charge is -2.08. The molecule has 0 aliphatic rings. The van der Waals surface area contributed by atoms with E-state index in [1.54, 1.807) is 6.07 Å². The van der Waals surface area contributed by atoms with E-state index in [0.717, 1.165) is 5.56 Å². The molecule has 3 nitrogen and oxygen atoms in total. The predicted molar refractivity (Wildman–Crippen MR) is 56.9 cm³/mol. The van der Waals surface area contributed by atoms with E-state index in [4.69, 9.17) is 10.00 Å². The van der Waals surface area contributed by atoms with Gasteiger partial charge in [0.15, 0.2) is 5.78 Å². The standard InChI is InChI=1S/C12H13NO2/c1-3-15-12-8-9(2)4-5-10(12)11(14)6-7-13/h4-5,8H,3,6H2,1-2H3. The van der Waals surface area contributed by atoms with Gasteiger partial charge in [0.1, 0.15) is 5.75 Å². The van der Waals surface area contributed by atoms with Gasteiger partial charge in [0, 0.05) is 0 Å². The number of benzene rings is 1. The van der Waals surface area contributed by atoms with Crippen LogP contribution in [0, 0.1) is 18.3 Å². The fourth-order valence-corrected chi connectivity index (χ4v) is 1.30. The van der Waals surface area contributed by atoms with E-state index in [1.807, 2.05) is 32.0 Å². The molecule has 0 spiro atoms. The van der Waals surface area contributed by atoms with Crippen LogP contribution in [-0.4, -0.2) is 12.4 Å². The van der Waals surface area contributed by atoms with Crippen LogP contribution < -0.4 is 4.74 Å². The van der Waals surface area contributed by atoms with Crippen LogP contribution in [0.15, 0.2) is 18.2 Å².